The molecule has 210 valence electrons. The van der Waals surface area contributed by atoms with Crippen molar-refractivity contribution in [3.8, 4) is 0 Å². The van der Waals surface area contributed by atoms with Crippen molar-refractivity contribution in [2.75, 3.05) is 10.6 Å². The molecule has 4 aliphatic carbocycles. The molecule has 6 rings (SSSR count). The Hall–Kier alpha value is -3.61. The number of fused-ring (bicyclic) bond motifs is 5. The van der Waals surface area contributed by atoms with Crippen LogP contribution in [0.2, 0.25) is 0 Å². The number of carbonyl (C=O) groups excluding carboxylic acids is 2. The lowest BCUT2D eigenvalue weighted by molar-refractivity contribution is -0.0735. The number of allylic oxidation sites excluding steroid dienone is 2. The topological polar surface area (TPSA) is 89.0 Å². The van der Waals surface area contributed by atoms with Crippen LogP contribution in [0.15, 0.2) is 77.5 Å². The Morgan fingerprint density at radius 3 is 2.17 bits per heavy atom. The van der Waals surface area contributed by atoms with Crippen molar-refractivity contribution in [2.45, 2.75) is 71.3 Å². The molecule has 2 amide bonds. The van der Waals surface area contributed by atoms with Crippen LogP contribution < -0.4 is 10.6 Å². The number of ether oxygens (including phenoxy) is 1. The predicted octanol–water partition coefficient (Wildman–Crippen LogP) is 8.17. The SMILES string of the molecule is C[C@]12CC[C@H]3[C@@H](CCC4=C/C(=N\OC(=O)Nc5ccccc5)CC[C@@]43C)[C@@H]1CC[C@@H]2OC(=O)Nc1ccccc1. The first-order valence-electron chi connectivity index (χ1n) is 14.7. The minimum atomic E-state index is -0.573. The van der Waals surface area contributed by atoms with Crippen molar-refractivity contribution in [2.24, 2.45) is 33.7 Å². The van der Waals surface area contributed by atoms with Crippen LogP contribution in [0, 0.1) is 28.6 Å². The van der Waals surface area contributed by atoms with E-state index < -0.39 is 6.09 Å². The van der Waals surface area contributed by atoms with Gasteiger partial charge in [-0.05, 0) is 105 Å². The van der Waals surface area contributed by atoms with Crippen molar-refractivity contribution in [1.82, 2.24) is 0 Å². The monoisotopic (exact) mass is 541 g/mol. The molecule has 0 heterocycles. The number of oxime groups is 1. The van der Waals surface area contributed by atoms with E-state index in [1.807, 2.05) is 60.7 Å². The maximum Gasteiger partial charge on any atom is 0.437 e. The maximum absolute atomic E-state index is 12.7. The first kappa shape index (κ1) is 26.6. The highest BCUT2D eigenvalue weighted by Gasteiger charge is 2.60. The lowest BCUT2D eigenvalue weighted by Gasteiger charge is -2.57. The molecule has 3 fully saturated rings. The fourth-order valence-corrected chi connectivity index (χ4v) is 8.35. The molecule has 40 heavy (non-hydrogen) atoms. The molecule has 7 heteroatoms. The number of carbonyl (C=O) groups is 2. The van der Waals surface area contributed by atoms with Crippen LogP contribution in [-0.4, -0.2) is 24.0 Å². The van der Waals surface area contributed by atoms with Gasteiger partial charge in [0.1, 0.15) is 6.10 Å². The Morgan fingerprint density at radius 2 is 1.48 bits per heavy atom. The zero-order valence-electron chi connectivity index (χ0n) is 23.4. The molecule has 0 radical (unpaired) electrons. The second kappa shape index (κ2) is 10.8. The lowest BCUT2D eigenvalue weighted by atomic mass is 9.47. The normalized spacial score (nSPS) is 33.5. The van der Waals surface area contributed by atoms with Gasteiger partial charge in [-0.3, -0.25) is 15.5 Å². The van der Waals surface area contributed by atoms with Crippen molar-refractivity contribution >= 4 is 29.3 Å². The van der Waals surface area contributed by atoms with Crippen molar-refractivity contribution in [3.05, 3.63) is 72.3 Å². The summed E-state index contributed by atoms with van der Waals surface area (Å²) in [4.78, 5) is 30.2. The molecule has 0 spiro atoms. The van der Waals surface area contributed by atoms with E-state index in [1.165, 1.54) is 5.57 Å². The van der Waals surface area contributed by atoms with Gasteiger partial charge in [0, 0.05) is 16.8 Å². The molecule has 0 aliphatic heterocycles. The molecule has 0 saturated heterocycles. The van der Waals surface area contributed by atoms with E-state index in [0.29, 0.717) is 23.4 Å². The number of amides is 2. The number of rotatable bonds is 4. The Labute approximate surface area is 236 Å². The van der Waals surface area contributed by atoms with Gasteiger partial charge in [0.15, 0.2) is 0 Å². The standard InChI is InChI=1S/C33H39N3O4/c1-32-19-17-25(36-40-31(38)35-24-11-7-4-8-12-24)21-22(32)13-14-26-27-15-16-29(33(27,2)20-18-28(26)32)39-30(37)34-23-9-5-3-6-10-23/h3-12,21,26-29H,13-20H2,1-2H3,(H,34,37)(H,35,38)/b36-25-/t26-,27-,28-,29-,32-,33-/m0/s1. The van der Waals surface area contributed by atoms with Crippen molar-refractivity contribution in [1.29, 1.82) is 0 Å². The van der Waals surface area contributed by atoms with E-state index >= 15 is 0 Å². The van der Waals surface area contributed by atoms with Gasteiger partial charge >= 0.3 is 12.2 Å². The fourth-order valence-electron chi connectivity index (χ4n) is 8.35. The Kier molecular flexibility index (Phi) is 7.15. The summed E-state index contributed by atoms with van der Waals surface area (Å²) in [5.74, 6) is 1.82. The zero-order valence-corrected chi connectivity index (χ0v) is 23.4. The van der Waals surface area contributed by atoms with Crippen LogP contribution in [0.25, 0.3) is 0 Å². The molecule has 4 aliphatic rings. The largest absolute Gasteiger partial charge is 0.445 e. The molecular formula is C33H39N3O4. The molecular weight excluding hydrogens is 502 g/mol. The van der Waals surface area contributed by atoms with Crippen LogP contribution in [0.5, 0.6) is 0 Å². The van der Waals surface area contributed by atoms with Crippen LogP contribution >= 0.6 is 0 Å². The molecule has 2 N–H and O–H groups in total. The molecule has 2 aromatic rings. The molecule has 0 bridgehead atoms. The molecule has 0 aromatic heterocycles. The molecule has 6 atom stereocenters. The number of nitrogens with zero attached hydrogens (tertiary/aromatic N) is 1. The summed E-state index contributed by atoms with van der Waals surface area (Å²) in [7, 11) is 0. The minimum Gasteiger partial charge on any atom is -0.445 e. The van der Waals surface area contributed by atoms with Gasteiger partial charge in [0.05, 0.1) is 5.71 Å². The summed E-state index contributed by atoms with van der Waals surface area (Å²) in [6.07, 6.45) is 9.52. The van der Waals surface area contributed by atoms with Crippen LogP contribution in [0.4, 0.5) is 21.0 Å². The van der Waals surface area contributed by atoms with Gasteiger partial charge in [-0.2, -0.15) is 0 Å². The van der Waals surface area contributed by atoms with E-state index in [0.717, 1.165) is 62.8 Å². The average Bonchev–Trinajstić information content (AvgIpc) is 3.28. The van der Waals surface area contributed by atoms with E-state index in [2.05, 4.69) is 35.7 Å². The summed E-state index contributed by atoms with van der Waals surface area (Å²) < 4.78 is 6.07. The van der Waals surface area contributed by atoms with E-state index in [-0.39, 0.29) is 23.0 Å². The second-order valence-corrected chi connectivity index (χ2v) is 12.5. The van der Waals surface area contributed by atoms with Gasteiger partial charge in [0.2, 0.25) is 0 Å². The molecule has 3 saturated carbocycles. The molecule has 7 nitrogen and oxygen atoms in total. The highest BCUT2D eigenvalue weighted by atomic mass is 16.7. The zero-order chi connectivity index (χ0) is 27.7. The van der Waals surface area contributed by atoms with Crippen LogP contribution in [0.1, 0.15) is 65.2 Å². The molecule has 2 aromatic carbocycles. The number of para-hydroxylation sites is 2. The minimum absolute atomic E-state index is 0.0218. The lowest BCUT2D eigenvalue weighted by Crippen LogP contribution is -2.51. The van der Waals surface area contributed by atoms with Gasteiger partial charge < -0.3 is 4.74 Å². The van der Waals surface area contributed by atoms with Gasteiger partial charge in [-0.25, -0.2) is 9.59 Å². The number of benzene rings is 2. The summed E-state index contributed by atoms with van der Waals surface area (Å²) in [5, 5.41) is 9.82. The van der Waals surface area contributed by atoms with Gasteiger partial charge in [-0.15, -0.1) is 0 Å². The Morgan fingerprint density at radius 1 is 0.800 bits per heavy atom. The van der Waals surface area contributed by atoms with Gasteiger partial charge in [0.25, 0.3) is 0 Å². The summed E-state index contributed by atoms with van der Waals surface area (Å²) >= 11 is 0. The number of nitrogens with one attached hydrogen (secondary N) is 2. The third kappa shape index (κ3) is 5.02. The number of anilines is 2. The first-order chi connectivity index (χ1) is 19.3. The third-order valence-electron chi connectivity index (χ3n) is 10.4. The van der Waals surface area contributed by atoms with Crippen LogP contribution in [-0.2, 0) is 9.57 Å². The van der Waals surface area contributed by atoms with E-state index in [1.54, 1.807) is 0 Å². The molecule has 0 unspecified atom stereocenters. The number of hydrogen-bond acceptors (Lipinski definition) is 5. The summed E-state index contributed by atoms with van der Waals surface area (Å²) in [5.41, 5.74) is 3.89. The maximum atomic E-state index is 12.7. The predicted molar refractivity (Wildman–Crippen MR) is 156 cm³/mol. The average molecular weight is 542 g/mol. The Balaban J connectivity index is 1.10. The summed E-state index contributed by atoms with van der Waals surface area (Å²) in [6.45, 7) is 4.80. The van der Waals surface area contributed by atoms with E-state index in [9.17, 15) is 9.59 Å². The van der Waals surface area contributed by atoms with Crippen molar-refractivity contribution < 1.29 is 19.2 Å². The first-order valence-corrected chi connectivity index (χ1v) is 14.7. The highest BCUT2D eigenvalue weighted by molar-refractivity contribution is 5.97. The smallest absolute Gasteiger partial charge is 0.437 e. The quantitative estimate of drug-likeness (QED) is 0.302. The van der Waals surface area contributed by atoms with Crippen molar-refractivity contribution in [3.63, 3.8) is 0 Å². The highest BCUT2D eigenvalue weighted by Crippen LogP contribution is 2.65. The Bertz CT molecular complexity index is 1310. The summed E-state index contributed by atoms with van der Waals surface area (Å²) in [6, 6.07) is 18.8. The fraction of sp³-hybridized carbons (Fsp3) is 0.485. The van der Waals surface area contributed by atoms with Crippen LogP contribution in [0.3, 0.4) is 0 Å². The van der Waals surface area contributed by atoms with Gasteiger partial charge in [-0.1, -0.05) is 61.0 Å². The second-order valence-electron chi connectivity index (χ2n) is 12.5. The van der Waals surface area contributed by atoms with E-state index in [4.69, 9.17) is 9.57 Å². The third-order valence-corrected chi connectivity index (χ3v) is 10.4. The number of hydrogen-bond donors (Lipinski definition) is 2.